The van der Waals surface area contributed by atoms with Crippen LogP contribution in [-0.4, -0.2) is 36.1 Å². The second-order valence-electron chi connectivity index (χ2n) is 5.61. The maximum absolute atomic E-state index is 13.9. The van der Waals surface area contributed by atoms with Crippen LogP contribution in [0.1, 0.15) is 41.4 Å². The first-order valence-electron chi connectivity index (χ1n) is 7.86. The molecule has 0 bridgehead atoms. The van der Waals surface area contributed by atoms with Gasteiger partial charge < -0.3 is 9.47 Å². The number of carbonyl (C=O) groups is 1. The zero-order chi connectivity index (χ0) is 19.4. The number of benzene rings is 1. The molecule has 2 rings (SSSR count). The van der Waals surface area contributed by atoms with E-state index in [9.17, 15) is 18.0 Å². The standard InChI is InChI=1S/C17H18ClF3N2O3/c1-4-26-17(24)15-13(9(2)8-25-3)16(18)23(22-15)7-10-11(19)5-6-12(20)14(10)21/h5-6,9H,4,7-8H2,1-3H3. The van der Waals surface area contributed by atoms with Gasteiger partial charge in [0.05, 0.1) is 19.8 Å². The fourth-order valence-corrected chi connectivity index (χ4v) is 2.92. The highest BCUT2D eigenvalue weighted by atomic mass is 35.5. The van der Waals surface area contributed by atoms with Gasteiger partial charge in [-0.05, 0) is 19.1 Å². The topological polar surface area (TPSA) is 53.3 Å². The largest absolute Gasteiger partial charge is 0.461 e. The molecule has 5 nitrogen and oxygen atoms in total. The summed E-state index contributed by atoms with van der Waals surface area (Å²) in [5.74, 6) is -4.52. The minimum Gasteiger partial charge on any atom is -0.461 e. The van der Waals surface area contributed by atoms with Crippen LogP contribution in [0.2, 0.25) is 5.15 Å². The lowest BCUT2D eigenvalue weighted by molar-refractivity contribution is 0.0516. The quantitative estimate of drug-likeness (QED) is 0.531. The molecule has 0 saturated heterocycles. The van der Waals surface area contributed by atoms with Crippen molar-refractivity contribution >= 4 is 17.6 Å². The van der Waals surface area contributed by atoms with Crippen molar-refractivity contribution < 1.29 is 27.4 Å². The average Bonchev–Trinajstić information content (AvgIpc) is 2.92. The summed E-state index contributed by atoms with van der Waals surface area (Å²) in [5.41, 5.74) is -0.279. The zero-order valence-electron chi connectivity index (χ0n) is 14.5. The predicted octanol–water partition coefficient (Wildman–Crippen LogP) is 3.93. The third kappa shape index (κ3) is 4.02. The summed E-state index contributed by atoms with van der Waals surface area (Å²) in [7, 11) is 1.48. The summed E-state index contributed by atoms with van der Waals surface area (Å²) >= 11 is 6.30. The van der Waals surface area contributed by atoms with E-state index in [0.29, 0.717) is 11.6 Å². The van der Waals surface area contributed by atoms with Crippen LogP contribution < -0.4 is 0 Å². The van der Waals surface area contributed by atoms with Crippen molar-refractivity contribution in [2.45, 2.75) is 26.3 Å². The molecule has 142 valence electrons. The first-order chi connectivity index (χ1) is 12.3. The van der Waals surface area contributed by atoms with Gasteiger partial charge in [-0.3, -0.25) is 0 Å². The monoisotopic (exact) mass is 390 g/mol. The number of hydrogen-bond acceptors (Lipinski definition) is 4. The molecular weight excluding hydrogens is 373 g/mol. The lowest BCUT2D eigenvalue weighted by atomic mass is 10.0. The van der Waals surface area contributed by atoms with Gasteiger partial charge in [-0.2, -0.15) is 5.10 Å². The molecule has 0 aliphatic heterocycles. The number of methoxy groups -OCH3 is 1. The van der Waals surface area contributed by atoms with Gasteiger partial charge in [0.15, 0.2) is 17.3 Å². The summed E-state index contributed by atoms with van der Waals surface area (Å²) < 4.78 is 52.3. The van der Waals surface area contributed by atoms with Gasteiger partial charge in [0, 0.05) is 24.2 Å². The molecular formula is C17H18ClF3N2O3. The molecule has 0 N–H and O–H groups in total. The predicted molar refractivity (Wildman–Crippen MR) is 88.9 cm³/mol. The summed E-state index contributed by atoms with van der Waals surface area (Å²) in [4.78, 5) is 12.2. The molecule has 0 aliphatic carbocycles. The summed E-state index contributed by atoms with van der Waals surface area (Å²) in [6, 6.07) is 1.50. The lowest BCUT2D eigenvalue weighted by Crippen LogP contribution is -2.12. The van der Waals surface area contributed by atoms with E-state index in [2.05, 4.69) is 5.10 Å². The number of hydrogen-bond donors (Lipinski definition) is 0. The van der Waals surface area contributed by atoms with Gasteiger partial charge in [-0.15, -0.1) is 0 Å². The number of esters is 1. The van der Waals surface area contributed by atoms with Gasteiger partial charge in [-0.25, -0.2) is 22.6 Å². The SMILES string of the molecule is CCOC(=O)c1nn(Cc2c(F)ccc(F)c2F)c(Cl)c1C(C)COC. The van der Waals surface area contributed by atoms with Crippen molar-refractivity contribution in [3.63, 3.8) is 0 Å². The van der Waals surface area contributed by atoms with Crippen LogP contribution in [0.25, 0.3) is 0 Å². The maximum atomic E-state index is 13.9. The van der Waals surface area contributed by atoms with Gasteiger partial charge >= 0.3 is 5.97 Å². The number of rotatable bonds is 7. The number of halogens is 4. The Morgan fingerprint density at radius 3 is 2.58 bits per heavy atom. The van der Waals surface area contributed by atoms with Crippen LogP contribution in [0.3, 0.4) is 0 Å². The normalized spacial score (nSPS) is 12.3. The third-order valence-electron chi connectivity index (χ3n) is 3.75. The van der Waals surface area contributed by atoms with Gasteiger partial charge in [-0.1, -0.05) is 18.5 Å². The van der Waals surface area contributed by atoms with Crippen LogP contribution >= 0.6 is 11.6 Å². The van der Waals surface area contributed by atoms with Crippen molar-refractivity contribution in [3.05, 3.63) is 51.6 Å². The Kier molecular flexibility index (Phi) is 6.66. The fourth-order valence-electron chi connectivity index (χ4n) is 2.54. The van der Waals surface area contributed by atoms with E-state index in [1.54, 1.807) is 13.8 Å². The lowest BCUT2D eigenvalue weighted by Gasteiger charge is -2.11. The smallest absolute Gasteiger partial charge is 0.359 e. The molecule has 1 aromatic carbocycles. The van der Waals surface area contributed by atoms with E-state index in [-0.39, 0.29) is 30.0 Å². The first-order valence-corrected chi connectivity index (χ1v) is 8.24. The minimum atomic E-state index is -1.33. The summed E-state index contributed by atoms with van der Waals surface area (Å²) in [5, 5.41) is 4.04. The van der Waals surface area contributed by atoms with E-state index in [1.165, 1.54) is 7.11 Å². The van der Waals surface area contributed by atoms with Crippen LogP contribution in [0.15, 0.2) is 12.1 Å². The Balaban J connectivity index is 2.52. The van der Waals surface area contributed by atoms with Gasteiger partial charge in [0.2, 0.25) is 0 Å². The number of ether oxygens (including phenoxy) is 2. The maximum Gasteiger partial charge on any atom is 0.359 e. The molecule has 0 amide bonds. The van der Waals surface area contributed by atoms with Crippen molar-refractivity contribution in [2.24, 2.45) is 0 Å². The third-order valence-corrected chi connectivity index (χ3v) is 4.15. The Bertz CT molecular complexity index is 811. The number of carbonyl (C=O) groups excluding carboxylic acids is 1. The number of nitrogens with zero attached hydrogens (tertiary/aromatic N) is 2. The van der Waals surface area contributed by atoms with E-state index >= 15 is 0 Å². The molecule has 9 heteroatoms. The highest BCUT2D eigenvalue weighted by Crippen LogP contribution is 2.30. The van der Waals surface area contributed by atoms with Gasteiger partial charge in [0.1, 0.15) is 11.0 Å². The fraction of sp³-hybridized carbons (Fsp3) is 0.412. The van der Waals surface area contributed by atoms with Crippen molar-refractivity contribution in [1.29, 1.82) is 0 Å². The molecule has 0 saturated carbocycles. The first kappa shape index (κ1) is 20.3. The highest BCUT2D eigenvalue weighted by molar-refractivity contribution is 6.31. The zero-order valence-corrected chi connectivity index (χ0v) is 15.2. The van der Waals surface area contributed by atoms with Crippen LogP contribution in [0.5, 0.6) is 0 Å². The second-order valence-corrected chi connectivity index (χ2v) is 5.97. The Labute approximate surface area is 153 Å². The van der Waals surface area contributed by atoms with E-state index in [1.807, 2.05) is 0 Å². The van der Waals surface area contributed by atoms with E-state index in [0.717, 1.165) is 10.7 Å². The molecule has 1 heterocycles. The molecule has 0 radical (unpaired) electrons. The average molecular weight is 391 g/mol. The summed E-state index contributed by atoms with van der Waals surface area (Å²) in [6.07, 6.45) is 0. The molecule has 0 aliphatic rings. The Morgan fingerprint density at radius 2 is 1.96 bits per heavy atom. The van der Waals surface area contributed by atoms with Crippen LogP contribution in [0, 0.1) is 17.5 Å². The van der Waals surface area contributed by atoms with Crippen molar-refractivity contribution in [3.8, 4) is 0 Å². The molecule has 1 unspecified atom stereocenters. The van der Waals surface area contributed by atoms with Crippen molar-refractivity contribution in [2.75, 3.05) is 20.3 Å². The molecule has 1 aromatic heterocycles. The second kappa shape index (κ2) is 8.55. The minimum absolute atomic E-state index is 0.000615. The number of aromatic nitrogens is 2. The Hall–Kier alpha value is -2.06. The Morgan fingerprint density at radius 1 is 1.31 bits per heavy atom. The summed E-state index contributed by atoms with van der Waals surface area (Å²) in [6.45, 7) is 3.25. The molecule has 0 fully saturated rings. The van der Waals surface area contributed by atoms with Gasteiger partial charge in [0.25, 0.3) is 0 Å². The molecule has 2 aromatic rings. The van der Waals surface area contributed by atoms with E-state index < -0.39 is 35.5 Å². The molecule has 1 atom stereocenters. The van der Waals surface area contributed by atoms with E-state index in [4.69, 9.17) is 21.1 Å². The van der Waals surface area contributed by atoms with Crippen molar-refractivity contribution in [1.82, 2.24) is 9.78 Å². The van der Waals surface area contributed by atoms with Crippen LogP contribution in [0.4, 0.5) is 13.2 Å². The van der Waals surface area contributed by atoms with Crippen LogP contribution in [-0.2, 0) is 16.0 Å². The molecule has 26 heavy (non-hydrogen) atoms. The highest BCUT2D eigenvalue weighted by Gasteiger charge is 2.28. The molecule has 0 spiro atoms.